The second-order valence-corrected chi connectivity index (χ2v) is 10.1. The molecule has 35 heavy (non-hydrogen) atoms. The molecule has 1 aliphatic heterocycles. The monoisotopic (exact) mass is 476 g/mol. The summed E-state index contributed by atoms with van der Waals surface area (Å²) < 4.78 is 5.92. The van der Waals surface area contributed by atoms with E-state index in [0.717, 1.165) is 49.0 Å². The van der Waals surface area contributed by atoms with E-state index in [0.29, 0.717) is 13.2 Å². The van der Waals surface area contributed by atoms with Gasteiger partial charge >= 0.3 is 0 Å². The summed E-state index contributed by atoms with van der Waals surface area (Å²) in [5.41, 5.74) is 3.08. The van der Waals surface area contributed by atoms with E-state index in [1.54, 1.807) is 4.90 Å². The second kappa shape index (κ2) is 12.2. The number of benzene rings is 2. The maximum Gasteiger partial charge on any atom is 0.250 e. The van der Waals surface area contributed by atoms with Crippen LogP contribution in [0.2, 0.25) is 0 Å². The molecule has 0 N–H and O–H groups in total. The molecule has 2 aromatic rings. The first kappa shape index (κ1) is 25.3. The van der Waals surface area contributed by atoms with E-state index in [9.17, 15) is 9.59 Å². The molecule has 0 radical (unpaired) electrons. The highest BCUT2D eigenvalue weighted by atomic mass is 16.5. The standard InChI is InChI=1S/C30H40N2O3/c1-3-4-5-9-20-35-27-18-16-25(17-19-27)29-30(34)31(26-10-7-6-8-11-26)22-28(33)32(29)21-24-14-12-23(2)13-15-24/h12-19,26,29H,3-11,20-22H2,1-2H3/t29-/m0/s1. The van der Waals surface area contributed by atoms with Crippen LogP contribution in [0.25, 0.3) is 0 Å². The van der Waals surface area contributed by atoms with Gasteiger partial charge in [-0.3, -0.25) is 9.59 Å². The van der Waals surface area contributed by atoms with E-state index in [1.807, 2.05) is 41.3 Å². The van der Waals surface area contributed by atoms with E-state index >= 15 is 0 Å². The minimum absolute atomic E-state index is 0.0250. The molecule has 4 rings (SSSR count). The SMILES string of the molecule is CCCCCCOc1ccc([C@H]2C(=O)N(C3CCCCC3)CC(=O)N2Cc2ccc(C)cc2)cc1. The fourth-order valence-corrected chi connectivity index (χ4v) is 5.31. The highest BCUT2D eigenvalue weighted by Gasteiger charge is 2.42. The van der Waals surface area contributed by atoms with Gasteiger partial charge in [-0.25, -0.2) is 0 Å². The van der Waals surface area contributed by atoms with Crippen molar-refractivity contribution >= 4 is 11.8 Å². The van der Waals surface area contributed by atoms with Crippen molar-refractivity contribution in [1.29, 1.82) is 0 Å². The highest BCUT2D eigenvalue weighted by molar-refractivity contribution is 5.95. The van der Waals surface area contributed by atoms with Gasteiger partial charge in [-0.05, 0) is 49.4 Å². The molecule has 1 saturated carbocycles. The van der Waals surface area contributed by atoms with Crippen LogP contribution in [0.5, 0.6) is 5.75 Å². The van der Waals surface area contributed by atoms with Crippen LogP contribution in [-0.4, -0.2) is 40.8 Å². The average molecular weight is 477 g/mol. The summed E-state index contributed by atoms with van der Waals surface area (Å²) in [5.74, 6) is 0.892. The number of nitrogens with zero attached hydrogens (tertiary/aromatic N) is 2. The van der Waals surface area contributed by atoms with Crippen LogP contribution in [0.3, 0.4) is 0 Å². The first-order chi connectivity index (χ1) is 17.1. The third-order valence-corrected chi connectivity index (χ3v) is 7.41. The fraction of sp³-hybridized carbons (Fsp3) is 0.533. The maximum absolute atomic E-state index is 13.9. The van der Waals surface area contributed by atoms with Crippen molar-refractivity contribution in [2.24, 2.45) is 0 Å². The first-order valence-corrected chi connectivity index (χ1v) is 13.4. The van der Waals surface area contributed by atoms with Crippen molar-refractivity contribution in [1.82, 2.24) is 9.80 Å². The van der Waals surface area contributed by atoms with Gasteiger partial charge < -0.3 is 14.5 Å². The number of hydrogen-bond acceptors (Lipinski definition) is 3. The molecular formula is C30H40N2O3. The minimum atomic E-state index is -0.599. The van der Waals surface area contributed by atoms with Gasteiger partial charge in [0.05, 0.1) is 6.61 Å². The molecule has 5 nitrogen and oxygen atoms in total. The lowest BCUT2D eigenvalue weighted by atomic mass is 9.91. The van der Waals surface area contributed by atoms with E-state index < -0.39 is 6.04 Å². The lowest BCUT2D eigenvalue weighted by molar-refractivity contribution is -0.160. The Balaban J connectivity index is 1.54. The Labute approximate surface area is 210 Å². The van der Waals surface area contributed by atoms with Crippen molar-refractivity contribution in [3.63, 3.8) is 0 Å². The third kappa shape index (κ3) is 6.45. The molecule has 0 bridgehead atoms. The number of aryl methyl sites for hydroxylation is 1. The molecule has 1 aliphatic carbocycles. The number of carbonyl (C=O) groups is 2. The van der Waals surface area contributed by atoms with E-state index in [1.165, 1.54) is 31.2 Å². The van der Waals surface area contributed by atoms with Crippen molar-refractivity contribution in [2.75, 3.05) is 13.2 Å². The Bertz CT molecular complexity index is 964. The summed E-state index contributed by atoms with van der Waals surface area (Å²) >= 11 is 0. The highest BCUT2D eigenvalue weighted by Crippen LogP contribution is 2.34. The summed E-state index contributed by atoms with van der Waals surface area (Å²) in [5, 5.41) is 0. The molecule has 2 aromatic carbocycles. The molecule has 1 atom stereocenters. The molecule has 0 spiro atoms. The van der Waals surface area contributed by atoms with Crippen LogP contribution in [0.1, 0.15) is 87.4 Å². The van der Waals surface area contributed by atoms with Crippen LogP contribution in [0.4, 0.5) is 0 Å². The predicted molar refractivity (Wildman–Crippen MR) is 139 cm³/mol. The van der Waals surface area contributed by atoms with Gasteiger partial charge in [-0.2, -0.15) is 0 Å². The zero-order chi connectivity index (χ0) is 24.6. The third-order valence-electron chi connectivity index (χ3n) is 7.41. The Morgan fingerprint density at radius 3 is 2.29 bits per heavy atom. The molecule has 1 saturated heterocycles. The first-order valence-electron chi connectivity index (χ1n) is 13.4. The van der Waals surface area contributed by atoms with Gasteiger partial charge in [-0.1, -0.05) is 87.4 Å². The van der Waals surface area contributed by atoms with Crippen molar-refractivity contribution < 1.29 is 14.3 Å². The van der Waals surface area contributed by atoms with Crippen LogP contribution in [0, 0.1) is 6.92 Å². The predicted octanol–water partition coefficient (Wildman–Crippen LogP) is 6.20. The molecule has 188 valence electrons. The Kier molecular flexibility index (Phi) is 8.84. The molecule has 1 heterocycles. The topological polar surface area (TPSA) is 49.9 Å². The quantitative estimate of drug-likeness (QED) is 0.384. The van der Waals surface area contributed by atoms with Gasteiger partial charge in [-0.15, -0.1) is 0 Å². The van der Waals surface area contributed by atoms with Crippen molar-refractivity contribution in [2.45, 2.75) is 90.3 Å². The number of amides is 2. The normalized spacial score (nSPS) is 19.3. The van der Waals surface area contributed by atoms with Gasteiger partial charge in [0.15, 0.2) is 0 Å². The summed E-state index contributed by atoms with van der Waals surface area (Å²) in [6.45, 7) is 5.58. The molecule has 0 unspecified atom stereocenters. The van der Waals surface area contributed by atoms with E-state index in [2.05, 4.69) is 26.0 Å². The molecule has 0 aromatic heterocycles. The summed E-state index contributed by atoms with van der Waals surface area (Å²) in [4.78, 5) is 31.0. The second-order valence-electron chi connectivity index (χ2n) is 10.1. The van der Waals surface area contributed by atoms with Crippen molar-refractivity contribution in [3.8, 4) is 5.75 Å². The zero-order valence-corrected chi connectivity index (χ0v) is 21.4. The molecule has 2 fully saturated rings. The lowest BCUT2D eigenvalue weighted by Gasteiger charge is -2.44. The average Bonchev–Trinajstić information content (AvgIpc) is 2.88. The summed E-state index contributed by atoms with van der Waals surface area (Å²) in [6.07, 6.45) is 10.1. The number of hydrogen-bond donors (Lipinski definition) is 0. The van der Waals surface area contributed by atoms with Crippen LogP contribution >= 0.6 is 0 Å². The summed E-state index contributed by atoms with van der Waals surface area (Å²) in [7, 11) is 0. The van der Waals surface area contributed by atoms with Crippen LogP contribution in [0.15, 0.2) is 48.5 Å². The lowest BCUT2D eigenvalue weighted by Crippen LogP contribution is -2.58. The number of carbonyl (C=O) groups excluding carboxylic acids is 2. The Morgan fingerprint density at radius 1 is 0.886 bits per heavy atom. The number of unbranched alkanes of at least 4 members (excludes halogenated alkanes) is 3. The Morgan fingerprint density at radius 2 is 1.60 bits per heavy atom. The van der Waals surface area contributed by atoms with Gasteiger partial charge in [0.25, 0.3) is 5.91 Å². The van der Waals surface area contributed by atoms with Crippen molar-refractivity contribution in [3.05, 3.63) is 65.2 Å². The number of ether oxygens (including phenoxy) is 1. The van der Waals surface area contributed by atoms with Gasteiger partial charge in [0.2, 0.25) is 5.91 Å². The molecule has 5 heteroatoms. The van der Waals surface area contributed by atoms with E-state index in [4.69, 9.17) is 4.74 Å². The van der Waals surface area contributed by atoms with Crippen LogP contribution in [-0.2, 0) is 16.1 Å². The molecule has 2 aliphatic rings. The van der Waals surface area contributed by atoms with E-state index in [-0.39, 0.29) is 24.4 Å². The number of piperazine rings is 1. The smallest absolute Gasteiger partial charge is 0.250 e. The molecule has 2 amide bonds. The largest absolute Gasteiger partial charge is 0.494 e. The fourth-order valence-electron chi connectivity index (χ4n) is 5.31. The minimum Gasteiger partial charge on any atom is -0.494 e. The van der Waals surface area contributed by atoms with Crippen LogP contribution < -0.4 is 4.74 Å². The molecular weight excluding hydrogens is 436 g/mol. The maximum atomic E-state index is 13.9. The Hall–Kier alpha value is -2.82. The number of rotatable bonds is 10. The van der Waals surface area contributed by atoms with Gasteiger partial charge in [0, 0.05) is 12.6 Å². The summed E-state index contributed by atoms with van der Waals surface area (Å²) in [6, 6.07) is 15.6. The van der Waals surface area contributed by atoms with Gasteiger partial charge in [0.1, 0.15) is 18.3 Å². The zero-order valence-electron chi connectivity index (χ0n) is 21.4.